The Morgan fingerprint density at radius 3 is 2.85 bits per heavy atom. The SMILES string of the molecule is Cn1nccc1-c1cnc(C2(CNC(=O)c3ccc[nH]c3=O)CC2)c(Cl)c1. The van der Waals surface area contributed by atoms with Crippen LogP contribution in [0.4, 0.5) is 0 Å². The van der Waals surface area contributed by atoms with Gasteiger partial charge in [0.1, 0.15) is 5.56 Å². The lowest BCUT2D eigenvalue weighted by atomic mass is 10.00. The number of hydrogen-bond donors (Lipinski definition) is 2. The summed E-state index contributed by atoms with van der Waals surface area (Å²) in [4.78, 5) is 31.1. The molecule has 1 aliphatic rings. The van der Waals surface area contributed by atoms with Crippen molar-refractivity contribution in [3.8, 4) is 11.3 Å². The van der Waals surface area contributed by atoms with Gasteiger partial charge in [-0.3, -0.25) is 19.3 Å². The molecule has 1 fully saturated rings. The molecule has 0 saturated heterocycles. The third kappa shape index (κ3) is 3.26. The third-order valence-electron chi connectivity index (χ3n) is 4.96. The van der Waals surface area contributed by atoms with Crippen LogP contribution in [0.1, 0.15) is 28.9 Å². The van der Waals surface area contributed by atoms with E-state index in [1.54, 1.807) is 23.1 Å². The van der Waals surface area contributed by atoms with E-state index in [2.05, 4.69) is 20.4 Å². The lowest BCUT2D eigenvalue weighted by Crippen LogP contribution is -2.35. The number of aromatic nitrogens is 4. The molecular weight excluding hydrogens is 366 g/mol. The van der Waals surface area contributed by atoms with Gasteiger partial charge in [0.15, 0.2) is 0 Å². The van der Waals surface area contributed by atoms with E-state index in [1.807, 2.05) is 19.2 Å². The van der Waals surface area contributed by atoms with Crippen LogP contribution in [0.2, 0.25) is 5.02 Å². The maximum Gasteiger partial charge on any atom is 0.260 e. The minimum absolute atomic E-state index is 0.0962. The van der Waals surface area contributed by atoms with Crippen molar-refractivity contribution in [2.24, 2.45) is 7.05 Å². The second-order valence-electron chi connectivity index (χ2n) is 6.77. The van der Waals surface area contributed by atoms with Crippen molar-refractivity contribution in [2.75, 3.05) is 6.54 Å². The Kier molecular flexibility index (Phi) is 4.31. The average molecular weight is 384 g/mol. The minimum atomic E-state index is -0.406. The standard InChI is InChI=1S/C19H18ClN5O2/c1-25-15(4-8-24-25)12-9-14(20)16(22-10-12)19(5-6-19)11-23-18(27)13-3-2-7-21-17(13)26/h2-4,7-10H,5-6,11H2,1H3,(H,21,26)(H,23,27). The van der Waals surface area contributed by atoms with Gasteiger partial charge in [-0.2, -0.15) is 5.10 Å². The predicted molar refractivity (Wildman–Crippen MR) is 102 cm³/mol. The number of aryl methyl sites for hydroxylation is 1. The molecule has 8 heteroatoms. The van der Waals surface area contributed by atoms with Crippen molar-refractivity contribution < 1.29 is 4.79 Å². The topological polar surface area (TPSA) is 92.7 Å². The fraction of sp³-hybridized carbons (Fsp3) is 0.263. The van der Waals surface area contributed by atoms with E-state index in [4.69, 9.17) is 11.6 Å². The fourth-order valence-electron chi connectivity index (χ4n) is 3.22. The van der Waals surface area contributed by atoms with Crippen LogP contribution in [0.25, 0.3) is 11.3 Å². The molecule has 2 N–H and O–H groups in total. The predicted octanol–water partition coefficient (Wildman–Crippen LogP) is 2.29. The van der Waals surface area contributed by atoms with Crippen LogP contribution in [0.5, 0.6) is 0 Å². The number of aromatic amines is 1. The number of amides is 1. The van der Waals surface area contributed by atoms with Crippen molar-refractivity contribution in [3.05, 3.63) is 69.5 Å². The highest BCUT2D eigenvalue weighted by Gasteiger charge is 2.47. The third-order valence-corrected chi connectivity index (χ3v) is 5.25. The normalized spacial score (nSPS) is 14.7. The van der Waals surface area contributed by atoms with Gasteiger partial charge in [-0.05, 0) is 37.1 Å². The van der Waals surface area contributed by atoms with Crippen LogP contribution in [-0.4, -0.2) is 32.2 Å². The number of nitrogens with one attached hydrogen (secondary N) is 2. The molecule has 0 spiro atoms. The summed E-state index contributed by atoms with van der Waals surface area (Å²) in [5.41, 5.74) is 2.00. The highest BCUT2D eigenvalue weighted by Crippen LogP contribution is 2.49. The van der Waals surface area contributed by atoms with Crippen molar-refractivity contribution in [3.63, 3.8) is 0 Å². The molecule has 4 rings (SSSR count). The summed E-state index contributed by atoms with van der Waals surface area (Å²) in [7, 11) is 1.86. The molecule has 7 nitrogen and oxygen atoms in total. The summed E-state index contributed by atoms with van der Waals surface area (Å²) in [6.45, 7) is 0.387. The fourth-order valence-corrected chi connectivity index (χ4v) is 3.59. The monoisotopic (exact) mass is 383 g/mol. The van der Waals surface area contributed by atoms with Crippen molar-refractivity contribution in [1.82, 2.24) is 25.1 Å². The molecule has 0 radical (unpaired) electrons. The summed E-state index contributed by atoms with van der Waals surface area (Å²) in [5, 5.41) is 7.58. The van der Waals surface area contributed by atoms with E-state index >= 15 is 0 Å². The molecule has 1 saturated carbocycles. The smallest absolute Gasteiger partial charge is 0.260 e. The Labute approximate surface area is 160 Å². The van der Waals surface area contributed by atoms with E-state index in [0.29, 0.717) is 11.6 Å². The van der Waals surface area contributed by atoms with Gasteiger partial charge < -0.3 is 10.3 Å². The van der Waals surface area contributed by atoms with E-state index in [1.165, 1.54) is 12.3 Å². The summed E-state index contributed by atoms with van der Waals surface area (Å²) in [5.74, 6) is -0.397. The van der Waals surface area contributed by atoms with Gasteiger partial charge in [-0.1, -0.05) is 11.6 Å². The van der Waals surface area contributed by atoms with Crippen LogP contribution in [0.3, 0.4) is 0 Å². The molecule has 3 aromatic rings. The van der Waals surface area contributed by atoms with Gasteiger partial charge in [0.05, 0.1) is 16.4 Å². The largest absolute Gasteiger partial charge is 0.351 e. The van der Waals surface area contributed by atoms with Gasteiger partial charge in [0.25, 0.3) is 11.5 Å². The van der Waals surface area contributed by atoms with Crippen molar-refractivity contribution >= 4 is 17.5 Å². The lowest BCUT2D eigenvalue weighted by Gasteiger charge is -2.17. The number of hydrogen-bond acceptors (Lipinski definition) is 4. The highest BCUT2D eigenvalue weighted by molar-refractivity contribution is 6.31. The first kappa shape index (κ1) is 17.5. The first-order chi connectivity index (χ1) is 13.0. The Morgan fingerprint density at radius 1 is 1.41 bits per heavy atom. The number of halogens is 1. The van der Waals surface area contributed by atoms with Crippen LogP contribution < -0.4 is 10.9 Å². The molecule has 0 atom stereocenters. The summed E-state index contributed by atoms with van der Waals surface area (Å²) in [6.07, 6.45) is 6.77. The first-order valence-corrected chi connectivity index (χ1v) is 8.98. The summed E-state index contributed by atoms with van der Waals surface area (Å²) in [6, 6.07) is 6.91. The Bertz CT molecular complexity index is 1070. The van der Waals surface area contributed by atoms with Crippen LogP contribution >= 0.6 is 11.6 Å². The maximum atomic E-state index is 12.3. The Morgan fingerprint density at radius 2 is 2.22 bits per heavy atom. The molecule has 3 heterocycles. The van der Waals surface area contributed by atoms with Gasteiger partial charge in [-0.15, -0.1) is 0 Å². The number of H-pyrrole nitrogens is 1. The van der Waals surface area contributed by atoms with Gasteiger partial charge in [-0.25, -0.2) is 0 Å². The van der Waals surface area contributed by atoms with Crippen molar-refractivity contribution in [2.45, 2.75) is 18.3 Å². The zero-order valence-electron chi connectivity index (χ0n) is 14.7. The first-order valence-electron chi connectivity index (χ1n) is 8.60. The molecule has 3 aromatic heterocycles. The van der Waals surface area contributed by atoms with E-state index in [0.717, 1.165) is 29.8 Å². The lowest BCUT2D eigenvalue weighted by molar-refractivity contribution is 0.0948. The molecule has 138 valence electrons. The molecule has 1 amide bonds. The molecule has 27 heavy (non-hydrogen) atoms. The zero-order chi connectivity index (χ0) is 19.0. The maximum absolute atomic E-state index is 12.3. The molecular formula is C19H18ClN5O2. The number of pyridine rings is 2. The number of carbonyl (C=O) groups excluding carboxylic acids is 1. The Balaban J connectivity index is 1.53. The highest BCUT2D eigenvalue weighted by atomic mass is 35.5. The average Bonchev–Trinajstić information content (AvgIpc) is 3.32. The quantitative estimate of drug-likeness (QED) is 0.707. The summed E-state index contributed by atoms with van der Waals surface area (Å²) >= 11 is 6.52. The van der Waals surface area contributed by atoms with Gasteiger partial charge in [0.2, 0.25) is 0 Å². The second-order valence-corrected chi connectivity index (χ2v) is 7.18. The zero-order valence-corrected chi connectivity index (χ0v) is 15.5. The van der Waals surface area contributed by atoms with Gasteiger partial charge >= 0.3 is 0 Å². The number of rotatable bonds is 5. The second kappa shape index (κ2) is 6.66. The molecule has 0 unspecified atom stereocenters. The number of carbonyl (C=O) groups is 1. The minimum Gasteiger partial charge on any atom is -0.351 e. The summed E-state index contributed by atoms with van der Waals surface area (Å²) < 4.78 is 1.76. The number of nitrogens with zero attached hydrogens (tertiary/aromatic N) is 3. The van der Waals surface area contributed by atoms with E-state index < -0.39 is 11.5 Å². The molecule has 1 aliphatic carbocycles. The van der Waals surface area contributed by atoms with Gasteiger partial charge in [0, 0.05) is 43.2 Å². The van der Waals surface area contributed by atoms with Crippen LogP contribution in [-0.2, 0) is 12.5 Å². The van der Waals surface area contributed by atoms with E-state index in [9.17, 15) is 9.59 Å². The Hall–Kier alpha value is -2.93. The van der Waals surface area contributed by atoms with Crippen molar-refractivity contribution in [1.29, 1.82) is 0 Å². The van der Waals surface area contributed by atoms with Crippen LogP contribution in [0, 0.1) is 0 Å². The van der Waals surface area contributed by atoms with E-state index in [-0.39, 0.29) is 11.0 Å². The molecule has 0 bridgehead atoms. The molecule has 0 aromatic carbocycles. The molecule has 0 aliphatic heterocycles. The van der Waals surface area contributed by atoms with Crippen LogP contribution in [0.15, 0.2) is 47.7 Å².